The molecular formula is C4H6O7. The van der Waals surface area contributed by atoms with Crippen LogP contribution < -0.4 is 0 Å². The molecule has 0 radical (unpaired) electrons. The zero-order chi connectivity index (χ0) is 9.44. The van der Waals surface area contributed by atoms with Crippen LogP contribution in [0, 0.1) is 0 Å². The van der Waals surface area contributed by atoms with Gasteiger partial charge in [-0.15, -0.1) is 0 Å². The number of rotatable bonds is 1. The van der Waals surface area contributed by atoms with E-state index in [1.165, 1.54) is 0 Å². The molecule has 0 unspecified atom stereocenters. The van der Waals surface area contributed by atoms with Crippen molar-refractivity contribution in [1.29, 1.82) is 0 Å². The largest absolute Gasteiger partial charge is 0.480 e. The van der Waals surface area contributed by atoms with Crippen LogP contribution in [-0.4, -0.2) is 44.9 Å². The molecule has 0 spiro atoms. The highest BCUT2D eigenvalue weighted by Crippen LogP contribution is 1.56. The van der Waals surface area contributed by atoms with E-state index in [9.17, 15) is 0 Å². The third-order valence-electron chi connectivity index (χ3n) is 0.318. The number of aliphatic hydroxyl groups excluding tert-OH is 1. The number of aliphatic carboxylic acids is 3. The molecule has 7 nitrogen and oxygen atoms in total. The molecule has 0 aromatic carbocycles. The molecule has 11 heavy (non-hydrogen) atoms. The van der Waals surface area contributed by atoms with Crippen molar-refractivity contribution in [3.05, 3.63) is 0 Å². The van der Waals surface area contributed by atoms with Gasteiger partial charge in [-0.1, -0.05) is 0 Å². The summed E-state index contributed by atoms with van der Waals surface area (Å²) in [6, 6.07) is 0. The van der Waals surface area contributed by atoms with Gasteiger partial charge in [0.05, 0.1) is 0 Å². The van der Waals surface area contributed by atoms with Crippen LogP contribution in [-0.2, 0) is 14.4 Å². The fourth-order valence-corrected chi connectivity index (χ4v) is 0. The Balaban J connectivity index is 0. The minimum Gasteiger partial charge on any atom is -0.480 e. The molecule has 0 fully saturated rings. The van der Waals surface area contributed by atoms with Crippen molar-refractivity contribution in [3.8, 4) is 0 Å². The van der Waals surface area contributed by atoms with E-state index < -0.39 is 24.5 Å². The summed E-state index contributed by atoms with van der Waals surface area (Å²) in [5.74, 6) is -4.84. The first-order valence-electron chi connectivity index (χ1n) is 2.20. The van der Waals surface area contributed by atoms with E-state index in [0.29, 0.717) is 0 Å². The Morgan fingerprint density at radius 2 is 1.09 bits per heavy atom. The van der Waals surface area contributed by atoms with Crippen LogP contribution in [0.15, 0.2) is 0 Å². The average molecular weight is 166 g/mol. The van der Waals surface area contributed by atoms with Crippen LogP contribution in [0.2, 0.25) is 0 Å². The summed E-state index contributed by atoms with van der Waals surface area (Å²) in [5, 5.41) is 29.8. The van der Waals surface area contributed by atoms with Crippen molar-refractivity contribution >= 4 is 17.9 Å². The lowest BCUT2D eigenvalue weighted by Crippen LogP contribution is -2.09. The van der Waals surface area contributed by atoms with E-state index in [1.54, 1.807) is 0 Å². The second kappa shape index (κ2) is 6.49. The quantitative estimate of drug-likeness (QED) is 0.338. The van der Waals surface area contributed by atoms with Crippen LogP contribution >= 0.6 is 0 Å². The first kappa shape index (κ1) is 12.1. The Bertz CT molecular complexity index is 148. The Morgan fingerprint density at radius 1 is 0.909 bits per heavy atom. The first-order chi connectivity index (χ1) is 4.91. The third kappa shape index (κ3) is 17.8. The predicted molar refractivity (Wildman–Crippen MR) is 30.0 cm³/mol. The van der Waals surface area contributed by atoms with Crippen LogP contribution in [0.5, 0.6) is 0 Å². The van der Waals surface area contributed by atoms with E-state index in [4.69, 9.17) is 34.8 Å². The van der Waals surface area contributed by atoms with Crippen molar-refractivity contribution in [1.82, 2.24) is 0 Å². The molecule has 0 amide bonds. The summed E-state index contributed by atoms with van der Waals surface area (Å²) in [6.45, 7) is -0.778. The zero-order valence-electron chi connectivity index (χ0n) is 5.22. The number of carbonyl (C=O) groups is 3. The second-order valence-corrected chi connectivity index (χ2v) is 1.16. The van der Waals surface area contributed by atoms with Gasteiger partial charge in [0, 0.05) is 0 Å². The standard InChI is InChI=1S/C2H2O4.C2H4O3/c3-1(4)2(5)6;3-1-2(4)5/h(H,3,4)(H,5,6);3H,1H2,(H,4,5). The van der Waals surface area contributed by atoms with Gasteiger partial charge in [0.15, 0.2) is 0 Å². The molecule has 0 atom stereocenters. The molecule has 0 aromatic rings. The van der Waals surface area contributed by atoms with Gasteiger partial charge < -0.3 is 20.4 Å². The van der Waals surface area contributed by atoms with E-state index in [0.717, 1.165) is 0 Å². The third-order valence-corrected chi connectivity index (χ3v) is 0.318. The van der Waals surface area contributed by atoms with Crippen LogP contribution in [0.1, 0.15) is 0 Å². The van der Waals surface area contributed by atoms with E-state index >= 15 is 0 Å². The average Bonchev–Trinajstić information content (AvgIpc) is 1.89. The summed E-state index contributed by atoms with van der Waals surface area (Å²) >= 11 is 0. The molecule has 0 aliphatic carbocycles. The molecule has 0 heterocycles. The van der Waals surface area contributed by atoms with Gasteiger partial charge in [0.25, 0.3) is 0 Å². The number of aliphatic hydroxyl groups is 1. The van der Waals surface area contributed by atoms with E-state index in [-0.39, 0.29) is 0 Å². The number of carboxylic acids is 3. The number of hydrogen-bond acceptors (Lipinski definition) is 4. The van der Waals surface area contributed by atoms with Crippen molar-refractivity contribution < 1.29 is 34.8 Å². The molecule has 4 N–H and O–H groups in total. The Hall–Kier alpha value is -1.63. The van der Waals surface area contributed by atoms with Gasteiger partial charge in [-0.25, -0.2) is 14.4 Å². The molecule has 0 rings (SSSR count). The lowest BCUT2D eigenvalue weighted by molar-refractivity contribution is -0.159. The molecule has 0 aromatic heterocycles. The van der Waals surface area contributed by atoms with E-state index in [1.807, 2.05) is 0 Å². The van der Waals surface area contributed by atoms with Gasteiger partial charge in [0.2, 0.25) is 0 Å². The van der Waals surface area contributed by atoms with Gasteiger partial charge in [-0.05, 0) is 0 Å². The Morgan fingerprint density at radius 3 is 1.09 bits per heavy atom. The second-order valence-electron chi connectivity index (χ2n) is 1.16. The van der Waals surface area contributed by atoms with Crippen LogP contribution in [0.4, 0.5) is 0 Å². The summed E-state index contributed by atoms with van der Waals surface area (Å²) in [7, 11) is 0. The van der Waals surface area contributed by atoms with Crippen molar-refractivity contribution in [2.75, 3.05) is 6.61 Å². The lowest BCUT2D eigenvalue weighted by atomic mass is 10.7. The lowest BCUT2D eigenvalue weighted by Gasteiger charge is -1.72. The number of hydrogen-bond donors (Lipinski definition) is 4. The summed E-state index contributed by atoms with van der Waals surface area (Å²) in [5.41, 5.74) is 0. The van der Waals surface area contributed by atoms with E-state index in [2.05, 4.69) is 0 Å². The normalized spacial score (nSPS) is 7.36. The molecule has 0 saturated heterocycles. The highest BCUT2D eigenvalue weighted by molar-refractivity contribution is 6.27. The molecule has 0 aliphatic heterocycles. The van der Waals surface area contributed by atoms with Crippen molar-refractivity contribution in [2.45, 2.75) is 0 Å². The van der Waals surface area contributed by atoms with Gasteiger partial charge >= 0.3 is 17.9 Å². The monoisotopic (exact) mass is 166 g/mol. The summed E-state index contributed by atoms with van der Waals surface area (Å²) in [4.78, 5) is 27.3. The van der Waals surface area contributed by atoms with Crippen molar-refractivity contribution in [2.24, 2.45) is 0 Å². The fourth-order valence-electron chi connectivity index (χ4n) is 0. The highest BCUT2D eigenvalue weighted by Gasteiger charge is 2.04. The maximum atomic E-state index is 9.12. The maximum Gasteiger partial charge on any atom is 0.414 e. The number of carboxylic acid groups (broad SMARTS) is 3. The SMILES string of the molecule is O=C(O)C(=O)O.O=C(O)CO. The van der Waals surface area contributed by atoms with Crippen molar-refractivity contribution in [3.63, 3.8) is 0 Å². The molecule has 64 valence electrons. The molecule has 0 bridgehead atoms. The zero-order valence-corrected chi connectivity index (χ0v) is 5.22. The topological polar surface area (TPSA) is 132 Å². The van der Waals surface area contributed by atoms with Gasteiger partial charge in [0.1, 0.15) is 6.61 Å². The minimum atomic E-state index is -1.82. The summed E-state index contributed by atoms with van der Waals surface area (Å²) < 4.78 is 0. The van der Waals surface area contributed by atoms with Gasteiger partial charge in [-0.3, -0.25) is 0 Å². The highest BCUT2D eigenvalue weighted by atomic mass is 16.4. The summed E-state index contributed by atoms with van der Waals surface area (Å²) in [6.07, 6.45) is 0. The smallest absolute Gasteiger partial charge is 0.414 e. The predicted octanol–water partition coefficient (Wildman–Crippen LogP) is -1.78. The first-order valence-corrected chi connectivity index (χ1v) is 2.20. The Kier molecular flexibility index (Phi) is 7.13. The van der Waals surface area contributed by atoms with Gasteiger partial charge in [-0.2, -0.15) is 0 Å². The Labute approximate surface area is 60.5 Å². The van der Waals surface area contributed by atoms with Crippen LogP contribution in [0.25, 0.3) is 0 Å². The molecule has 0 saturated carbocycles. The minimum absolute atomic E-state index is 0.778. The van der Waals surface area contributed by atoms with Crippen LogP contribution in [0.3, 0.4) is 0 Å². The molecule has 7 heteroatoms. The fraction of sp³-hybridized carbons (Fsp3) is 0.250. The maximum absolute atomic E-state index is 9.12. The molecular weight excluding hydrogens is 160 g/mol. The molecule has 0 aliphatic rings.